The molecule has 0 spiro atoms. The van der Waals surface area contributed by atoms with Crippen LogP contribution in [-0.2, 0) is 0 Å². The SMILES string of the molecule is O=C(O)c1cnc(-c2cc(Cl)c3c(c2)OCCCO3)s1. The van der Waals surface area contributed by atoms with Crippen molar-refractivity contribution < 1.29 is 19.4 Å². The van der Waals surface area contributed by atoms with E-state index < -0.39 is 5.97 Å². The van der Waals surface area contributed by atoms with E-state index in [1.807, 2.05) is 0 Å². The van der Waals surface area contributed by atoms with Crippen molar-refractivity contribution in [3.63, 3.8) is 0 Å². The van der Waals surface area contributed by atoms with Crippen molar-refractivity contribution >= 4 is 28.9 Å². The highest BCUT2D eigenvalue weighted by atomic mass is 35.5. The smallest absolute Gasteiger partial charge is 0.347 e. The quantitative estimate of drug-likeness (QED) is 0.921. The first-order valence-electron chi connectivity index (χ1n) is 5.94. The minimum atomic E-state index is -0.991. The highest BCUT2D eigenvalue weighted by Crippen LogP contribution is 2.41. The Morgan fingerprint density at radius 2 is 2.15 bits per heavy atom. The topological polar surface area (TPSA) is 68.7 Å². The maximum absolute atomic E-state index is 10.9. The summed E-state index contributed by atoms with van der Waals surface area (Å²) in [6.45, 7) is 1.12. The Morgan fingerprint density at radius 3 is 2.90 bits per heavy atom. The van der Waals surface area contributed by atoms with Gasteiger partial charge in [0.15, 0.2) is 11.5 Å². The number of carbonyl (C=O) groups is 1. The predicted octanol–water partition coefficient (Wildman–Crippen LogP) is 3.32. The average Bonchev–Trinajstić information content (AvgIpc) is 2.79. The summed E-state index contributed by atoms with van der Waals surface area (Å²) in [5.74, 6) is 0.106. The number of halogens is 1. The standard InChI is InChI=1S/C13H10ClNO4S/c14-8-4-7(12-15-6-10(20-12)13(16)17)5-9-11(8)19-3-1-2-18-9/h4-6H,1-3H2,(H,16,17). The van der Waals surface area contributed by atoms with Crippen molar-refractivity contribution in [2.24, 2.45) is 0 Å². The first kappa shape index (κ1) is 13.2. The van der Waals surface area contributed by atoms with Gasteiger partial charge in [-0.25, -0.2) is 9.78 Å². The van der Waals surface area contributed by atoms with Gasteiger partial charge in [0.1, 0.15) is 9.88 Å². The number of nitrogens with zero attached hydrogens (tertiary/aromatic N) is 1. The van der Waals surface area contributed by atoms with Crippen LogP contribution >= 0.6 is 22.9 Å². The number of carboxylic acids is 1. The zero-order valence-electron chi connectivity index (χ0n) is 10.3. The lowest BCUT2D eigenvalue weighted by molar-refractivity contribution is 0.0702. The number of hydrogen-bond acceptors (Lipinski definition) is 5. The van der Waals surface area contributed by atoms with Crippen molar-refractivity contribution in [3.8, 4) is 22.1 Å². The number of fused-ring (bicyclic) bond motifs is 1. The minimum absolute atomic E-state index is 0.184. The molecular weight excluding hydrogens is 302 g/mol. The molecule has 7 heteroatoms. The number of rotatable bonds is 2. The van der Waals surface area contributed by atoms with Crippen LogP contribution in [0.15, 0.2) is 18.3 Å². The van der Waals surface area contributed by atoms with Gasteiger partial charge in [0, 0.05) is 12.0 Å². The summed E-state index contributed by atoms with van der Waals surface area (Å²) in [5.41, 5.74) is 0.719. The zero-order valence-corrected chi connectivity index (χ0v) is 11.8. The van der Waals surface area contributed by atoms with E-state index in [9.17, 15) is 4.79 Å². The van der Waals surface area contributed by atoms with Crippen LogP contribution in [0.5, 0.6) is 11.5 Å². The van der Waals surface area contributed by atoms with Gasteiger partial charge in [-0.05, 0) is 12.1 Å². The average molecular weight is 312 g/mol. The second kappa shape index (κ2) is 5.30. The van der Waals surface area contributed by atoms with Gasteiger partial charge in [-0.15, -0.1) is 11.3 Å². The van der Waals surface area contributed by atoms with E-state index in [4.69, 9.17) is 26.2 Å². The summed E-state index contributed by atoms with van der Waals surface area (Å²) >= 11 is 7.29. The van der Waals surface area contributed by atoms with Crippen molar-refractivity contribution in [1.82, 2.24) is 4.98 Å². The summed E-state index contributed by atoms with van der Waals surface area (Å²) in [5, 5.41) is 9.95. The van der Waals surface area contributed by atoms with Crippen LogP contribution in [0.25, 0.3) is 10.6 Å². The van der Waals surface area contributed by atoms with Crippen LogP contribution in [-0.4, -0.2) is 29.3 Å². The summed E-state index contributed by atoms with van der Waals surface area (Å²) in [6.07, 6.45) is 2.13. The molecule has 0 amide bonds. The molecule has 2 aromatic rings. The molecule has 1 aliphatic heterocycles. The highest BCUT2D eigenvalue weighted by molar-refractivity contribution is 7.16. The van der Waals surface area contributed by atoms with Crippen molar-refractivity contribution in [2.45, 2.75) is 6.42 Å². The third-order valence-corrected chi connectivity index (χ3v) is 4.08. The predicted molar refractivity (Wildman–Crippen MR) is 75.1 cm³/mol. The number of carboxylic acid groups (broad SMARTS) is 1. The molecule has 0 aliphatic carbocycles. The fraction of sp³-hybridized carbons (Fsp3) is 0.231. The third kappa shape index (κ3) is 2.44. The van der Waals surface area contributed by atoms with Crippen LogP contribution < -0.4 is 9.47 Å². The zero-order chi connectivity index (χ0) is 14.1. The normalized spacial score (nSPS) is 13.8. The Morgan fingerprint density at radius 1 is 1.35 bits per heavy atom. The van der Waals surface area contributed by atoms with Gasteiger partial charge in [-0.3, -0.25) is 0 Å². The fourth-order valence-electron chi connectivity index (χ4n) is 1.86. The first-order valence-corrected chi connectivity index (χ1v) is 7.13. The molecule has 0 atom stereocenters. The fourth-order valence-corrected chi connectivity index (χ4v) is 2.87. The van der Waals surface area contributed by atoms with Crippen molar-refractivity contribution in [2.75, 3.05) is 13.2 Å². The van der Waals surface area contributed by atoms with Crippen LogP contribution in [0.4, 0.5) is 0 Å². The number of hydrogen-bond donors (Lipinski definition) is 1. The highest BCUT2D eigenvalue weighted by Gasteiger charge is 2.18. The van der Waals surface area contributed by atoms with E-state index >= 15 is 0 Å². The number of aromatic carboxylic acids is 1. The summed E-state index contributed by atoms with van der Waals surface area (Å²) in [6, 6.07) is 3.48. The Kier molecular flexibility index (Phi) is 3.50. The van der Waals surface area contributed by atoms with Gasteiger partial charge >= 0.3 is 5.97 Å². The van der Waals surface area contributed by atoms with Gasteiger partial charge in [0.25, 0.3) is 0 Å². The van der Waals surface area contributed by atoms with Gasteiger partial charge < -0.3 is 14.6 Å². The monoisotopic (exact) mass is 311 g/mol. The molecule has 0 fully saturated rings. The maximum Gasteiger partial charge on any atom is 0.347 e. The lowest BCUT2D eigenvalue weighted by atomic mass is 10.2. The number of thiazole rings is 1. The molecular formula is C13H10ClNO4S. The Labute approximate surface area is 123 Å². The summed E-state index contributed by atoms with van der Waals surface area (Å²) in [7, 11) is 0. The first-order chi connectivity index (χ1) is 9.65. The van der Waals surface area contributed by atoms with Gasteiger partial charge in [0.05, 0.1) is 24.4 Å². The molecule has 20 heavy (non-hydrogen) atoms. The third-order valence-electron chi connectivity index (χ3n) is 2.77. The Hall–Kier alpha value is -1.79. The van der Waals surface area contributed by atoms with E-state index in [-0.39, 0.29) is 4.88 Å². The van der Waals surface area contributed by atoms with Crippen LogP contribution in [0, 0.1) is 0 Å². The maximum atomic E-state index is 10.9. The molecule has 5 nitrogen and oxygen atoms in total. The van der Waals surface area contributed by atoms with E-state index in [0.29, 0.717) is 34.7 Å². The molecule has 0 unspecified atom stereocenters. The molecule has 0 bridgehead atoms. The number of ether oxygens (including phenoxy) is 2. The molecule has 2 heterocycles. The molecule has 1 aliphatic rings. The van der Waals surface area contributed by atoms with Crippen molar-refractivity contribution in [3.05, 3.63) is 28.2 Å². The largest absolute Gasteiger partial charge is 0.489 e. The Balaban J connectivity index is 2.03. The molecule has 0 saturated heterocycles. The van der Waals surface area contributed by atoms with E-state index in [1.165, 1.54) is 6.20 Å². The number of benzene rings is 1. The van der Waals surface area contributed by atoms with E-state index in [2.05, 4.69) is 4.98 Å². The summed E-state index contributed by atoms with van der Waals surface area (Å²) < 4.78 is 11.1. The van der Waals surface area contributed by atoms with Gasteiger partial charge in [-0.2, -0.15) is 0 Å². The lowest BCUT2D eigenvalue weighted by Crippen LogP contribution is -1.97. The second-order valence-electron chi connectivity index (χ2n) is 4.17. The van der Waals surface area contributed by atoms with Crippen LogP contribution in [0.3, 0.4) is 0 Å². The van der Waals surface area contributed by atoms with Crippen LogP contribution in [0.1, 0.15) is 16.1 Å². The lowest BCUT2D eigenvalue weighted by Gasteiger charge is -2.10. The molecule has 1 N–H and O–H groups in total. The molecule has 0 saturated carbocycles. The molecule has 0 radical (unpaired) electrons. The summed E-state index contributed by atoms with van der Waals surface area (Å²) in [4.78, 5) is 15.2. The Bertz CT molecular complexity index is 670. The molecule has 1 aromatic carbocycles. The van der Waals surface area contributed by atoms with Gasteiger partial charge in [-0.1, -0.05) is 11.6 Å². The van der Waals surface area contributed by atoms with Crippen molar-refractivity contribution in [1.29, 1.82) is 0 Å². The number of aromatic nitrogens is 1. The molecule has 104 valence electrons. The van der Waals surface area contributed by atoms with E-state index in [1.54, 1.807) is 12.1 Å². The molecule has 3 rings (SSSR count). The van der Waals surface area contributed by atoms with Crippen LogP contribution in [0.2, 0.25) is 5.02 Å². The molecule has 1 aromatic heterocycles. The second-order valence-corrected chi connectivity index (χ2v) is 5.61. The van der Waals surface area contributed by atoms with Gasteiger partial charge in [0.2, 0.25) is 0 Å². The van der Waals surface area contributed by atoms with E-state index in [0.717, 1.165) is 23.3 Å². The minimum Gasteiger partial charge on any atom is -0.489 e.